The van der Waals surface area contributed by atoms with Crippen molar-refractivity contribution in [3.05, 3.63) is 23.5 Å². The van der Waals surface area contributed by atoms with Crippen molar-refractivity contribution >= 4 is 17.0 Å². The van der Waals surface area contributed by atoms with Crippen LogP contribution in [-0.2, 0) is 0 Å². The van der Waals surface area contributed by atoms with Crippen LogP contribution in [0.2, 0.25) is 0 Å². The topological polar surface area (TPSA) is 59.2 Å². The van der Waals surface area contributed by atoms with Gasteiger partial charge in [0.2, 0.25) is 0 Å². The van der Waals surface area contributed by atoms with Crippen molar-refractivity contribution in [2.75, 3.05) is 7.05 Å². The molecule has 1 aliphatic rings. The molecule has 3 rings (SSSR count). The third kappa shape index (κ3) is 2.09. The lowest BCUT2D eigenvalue weighted by Gasteiger charge is -2.24. The maximum absolute atomic E-state index is 12.4. The Morgan fingerprint density at radius 1 is 1.53 bits per heavy atom. The summed E-state index contributed by atoms with van der Waals surface area (Å²) >= 11 is 0. The average molecular weight is 259 g/mol. The molecule has 0 bridgehead atoms. The van der Waals surface area contributed by atoms with E-state index in [9.17, 15) is 4.79 Å². The predicted molar refractivity (Wildman–Crippen MR) is 70.8 cm³/mol. The van der Waals surface area contributed by atoms with E-state index in [4.69, 9.17) is 4.52 Å². The smallest absolute Gasteiger partial charge is 0.257 e. The lowest BCUT2D eigenvalue weighted by atomic mass is 10.1. The van der Waals surface area contributed by atoms with Gasteiger partial charge in [-0.05, 0) is 38.7 Å². The van der Waals surface area contributed by atoms with Crippen LogP contribution in [0.15, 0.2) is 16.8 Å². The SMILES string of the molecule is Cc1noc2ncc(C(=O)N(C)[C@H](C)C3CC3)cc12. The van der Waals surface area contributed by atoms with Gasteiger partial charge in [0.05, 0.1) is 16.6 Å². The van der Waals surface area contributed by atoms with E-state index in [-0.39, 0.29) is 11.9 Å². The van der Waals surface area contributed by atoms with Crippen LogP contribution >= 0.6 is 0 Å². The molecule has 0 spiro atoms. The summed E-state index contributed by atoms with van der Waals surface area (Å²) in [5.74, 6) is 0.664. The summed E-state index contributed by atoms with van der Waals surface area (Å²) in [6.45, 7) is 3.95. The lowest BCUT2D eigenvalue weighted by molar-refractivity contribution is 0.0727. The Morgan fingerprint density at radius 3 is 2.95 bits per heavy atom. The fraction of sp³-hybridized carbons (Fsp3) is 0.500. The van der Waals surface area contributed by atoms with Gasteiger partial charge in [0.15, 0.2) is 0 Å². The van der Waals surface area contributed by atoms with Crippen molar-refractivity contribution in [2.45, 2.75) is 32.7 Å². The molecule has 100 valence electrons. The van der Waals surface area contributed by atoms with Gasteiger partial charge in [-0.15, -0.1) is 0 Å². The molecule has 1 atom stereocenters. The highest BCUT2D eigenvalue weighted by atomic mass is 16.5. The summed E-state index contributed by atoms with van der Waals surface area (Å²) in [6.07, 6.45) is 4.01. The van der Waals surface area contributed by atoms with E-state index < -0.39 is 0 Å². The summed E-state index contributed by atoms with van der Waals surface area (Å²) in [7, 11) is 1.86. The number of rotatable bonds is 3. The zero-order valence-corrected chi connectivity index (χ0v) is 11.4. The minimum absolute atomic E-state index is 0.00870. The zero-order chi connectivity index (χ0) is 13.6. The molecule has 0 radical (unpaired) electrons. The molecule has 2 aromatic heterocycles. The van der Waals surface area contributed by atoms with Gasteiger partial charge in [-0.25, -0.2) is 4.98 Å². The first-order chi connectivity index (χ1) is 9.08. The summed E-state index contributed by atoms with van der Waals surface area (Å²) in [5.41, 5.74) is 1.83. The van der Waals surface area contributed by atoms with E-state index in [1.807, 2.05) is 24.9 Å². The first kappa shape index (κ1) is 12.1. The van der Waals surface area contributed by atoms with Gasteiger partial charge in [0.1, 0.15) is 0 Å². The first-order valence-electron chi connectivity index (χ1n) is 6.57. The molecular weight excluding hydrogens is 242 g/mol. The minimum atomic E-state index is 0.00870. The van der Waals surface area contributed by atoms with Crippen LogP contribution in [0.5, 0.6) is 0 Å². The normalized spacial score (nSPS) is 16.6. The van der Waals surface area contributed by atoms with Crippen LogP contribution in [0.25, 0.3) is 11.1 Å². The van der Waals surface area contributed by atoms with Crippen LogP contribution in [0.3, 0.4) is 0 Å². The van der Waals surface area contributed by atoms with E-state index >= 15 is 0 Å². The second-order valence-corrected chi connectivity index (χ2v) is 5.34. The number of amides is 1. The van der Waals surface area contributed by atoms with Gasteiger partial charge >= 0.3 is 0 Å². The number of fused-ring (bicyclic) bond motifs is 1. The summed E-state index contributed by atoms with van der Waals surface area (Å²) in [5, 5.41) is 4.66. The van der Waals surface area contributed by atoms with Crippen LogP contribution in [-0.4, -0.2) is 34.0 Å². The molecule has 0 aromatic carbocycles. The lowest BCUT2D eigenvalue weighted by Crippen LogP contribution is -2.36. The number of hydrogen-bond acceptors (Lipinski definition) is 4. The van der Waals surface area contributed by atoms with E-state index in [1.165, 1.54) is 12.8 Å². The average Bonchev–Trinajstić information content (AvgIpc) is 3.21. The maximum Gasteiger partial charge on any atom is 0.257 e. The summed E-state index contributed by atoms with van der Waals surface area (Å²) in [6, 6.07) is 2.10. The monoisotopic (exact) mass is 259 g/mol. The molecule has 5 nitrogen and oxygen atoms in total. The molecule has 1 fully saturated rings. The molecule has 5 heteroatoms. The van der Waals surface area contributed by atoms with Gasteiger partial charge in [0.25, 0.3) is 11.6 Å². The first-order valence-corrected chi connectivity index (χ1v) is 6.57. The Morgan fingerprint density at radius 2 is 2.26 bits per heavy atom. The van der Waals surface area contributed by atoms with Crippen molar-refractivity contribution in [3.8, 4) is 0 Å². The van der Waals surface area contributed by atoms with Crippen molar-refractivity contribution in [1.29, 1.82) is 0 Å². The van der Waals surface area contributed by atoms with Crippen LogP contribution in [0.1, 0.15) is 35.8 Å². The number of carbonyl (C=O) groups is 1. The quantitative estimate of drug-likeness (QED) is 0.849. The van der Waals surface area contributed by atoms with Crippen molar-refractivity contribution in [1.82, 2.24) is 15.0 Å². The number of pyridine rings is 1. The van der Waals surface area contributed by atoms with Gasteiger partial charge in [-0.3, -0.25) is 4.79 Å². The van der Waals surface area contributed by atoms with Gasteiger partial charge < -0.3 is 9.42 Å². The predicted octanol–water partition coefficient (Wildman–Crippen LogP) is 2.40. The highest BCUT2D eigenvalue weighted by Gasteiger charge is 2.32. The molecule has 1 saturated carbocycles. The number of hydrogen-bond donors (Lipinski definition) is 0. The molecule has 0 unspecified atom stereocenters. The molecule has 0 aliphatic heterocycles. The minimum Gasteiger partial charge on any atom is -0.339 e. The Balaban J connectivity index is 1.89. The second kappa shape index (κ2) is 4.33. The molecule has 0 saturated heterocycles. The van der Waals surface area contributed by atoms with Gasteiger partial charge in [-0.1, -0.05) is 5.16 Å². The van der Waals surface area contributed by atoms with Crippen LogP contribution in [0.4, 0.5) is 0 Å². The van der Waals surface area contributed by atoms with E-state index in [2.05, 4.69) is 17.1 Å². The fourth-order valence-electron chi connectivity index (χ4n) is 2.35. The Labute approximate surface area is 111 Å². The standard InChI is InChI=1S/C14H17N3O2/c1-8-12-6-11(7-15-13(12)19-16-8)14(18)17(3)9(2)10-4-5-10/h6-7,9-10H,4-5H2,1-3H3/t9-/m1/s1. The molecule has 2 heterocycles. The number of aryl methyl sites for hydroxylation is 1. The van der Waals surface area contributed by atoms with Gasteiger partial charge in [-0.2, -0.15) is 0 Å². The Hall–Kier alpha value is -1.91. The maximum atomic E-state index is 12.4. The molecule has 1 aliphatic carbocycles. The number of carbonyl (C=O) groups excluding carboxylic acids is 1. The third-order valence-electron chi connectivity index (χ3n) is 3.99. The van der Waals surface area contributed by atoms with E-state index in [0.29, 0.717) is 17.2 Å². The number of nitrogens with zero attached hydrogens (tertiary/aromatic N) is 3. The Kier molecular flexibility index (Phi) is 2.77. The van der Waals surface area contributed by atoms with Crippen LogP contribution < -0.4 is 0 Å². The molecule has 2 aromatic rings. The van der Waals surface area contributed by atoms with Crippen molar-refractivity contribution < 1.29 is 9.32 Å². The zero-order valence-electron chi connectivity index (χ0n) is 11.4. The third-order valence-corrected chi connectivity index (χ3v) is 3.99. The highest BCUT2D eigenvalue weighted by molar-refractivity contribution is 5.97. The summed E-state index contributed by atoms with van der Waals surface area (Å²) < 4.78 is 5.05. The Bertz CT molecular complexity index is 631. The molecular formula is C14H17N3O2. The van der Waals surface area contributed by atoms with Gasteiger partial charge in [0, 0.05) is 19.3 Å². The largest absolute Gasteiger partial charge is 0.339 e. The summed E-state index contributed by atoms with van der Waals surface area (Å²) in [4.78, 5) is 18.4. The van der Waals surface area contributed by atoms with Crippen molar-refractivity contribution in [2.24, 2.45) is 5.92 Å². The van der Waals surface area contributed by atoms with E-state index in [0.717, 1.165) is 11.1 Å². The van der Waals surface area contributed by atoms with E-state index in [1.54, 1.807) is 6.20 Å². The molecule has 1 amide bonds. The fourth-order valence-corrected chi connectivity index (χ4v) is 2.35. The number of aromatic nitrogens is 2. The molecule has 19 heavy (non-hydrogen) atoms. The van der Waals surface area contributed by atoms with Crippen molar-refractivity contribution in [3.63, 3.8) is 0 Å². The van der Waals surface area contributed by atoms with Crippen LogP contribution in [0, 0.1) is 12.8 Å². The second-order valence-electron chi connectivity index (χ2n) is 5.34. The highest BCUT2D eigenvalue weighted by Crippen LogP contribution is 2.35. The molecule has 0 N–H and O–H groups in total.